The van der Waals surface area contributed by atoms with Crippen LogP contribution in [0.4, 0.5) is 14.5 Å². The van der Waals surface area contributed by atoms with E-state index in [0.717, 1.165) is 6.92 Å². The lowest BCUT2D eigenvalue weighted by Gasteiger charge is -2.25. The molecule has 1 aromatic rings. The van der Waals surface area contributed by atoms with Crippen molar-refractivity contribution >= 4 is 17.6 Å². The molecule has 1 fully saturated rings. The van der Waals surface area contributed by atoms with E-state index < -0.39 is 17.8 Å². The molecule has 1 aromatic carbocycles. The number of carbonyl (C=O) groups is 2. The van der Waals surface area contributed by atoms with Gasteiger partial charge in [0.2, 0.25) is 5.91 Å². The monoisotopic (exact) mass is 311 g/mol. The zero-order valence-electron chi connectivity index (χ0n) is 12.3. The Bertz CT molecular complexity index is 569. The van der Waals surface area contributed by atoms with Crippen LogP contribution in [0.15, 0.2) is 24.3 Å². The fourth-order valence-electron chi connectivity index (χ4n) is 2.77. The van der Waals surface area contributed by atoms with E-state index in [-0.39, 0.29) is 17.4 Å². The van der Waals surface area contributed by atoms with Gasteiger partial charge in [0, 0.05) is 24.1 Å². The van der Waals surface area contributed by atoms with Gasteiger partial charge in [-0.3, -0.25) is 9.59 Å². The normalized spacial score (nSPS) is 22.1. The second kappa shape index (κ2) is 6.42. The number of benzene rings is 1. The number of nitrogens with one attached hydrogen (secondary N) is 1. The summed E-state index contributed by atoms with van der Waals surface area (Å²) in [4.78, 5) is 23.2. The van der Waals surface area contributed by atoms with Crippen molar-refractivity contribution in [3.05, 3.63) is 29.8 Å². The summed E-state index contributed by atoms with van der Waals surface area (Å²) in [6.45, 7) is 0.798. The molecular formula is C16H19F2NO3. The highest BCUT2D eigenvalue weighted by Gasteiger charge is 2.31. The third-order valence-corrected chi connectivity index (χ3v) is 4.03. The second-order valence-electron chi connectivity index (χ2n) is 5.86. The Morgan fingerprint density at radius 2 is 1.95 bits per heavy atom. The zero-order chi connectivity index (χ0) is 16.3. The van der Waals surface area contributed by atoms with Crippen molar-refractivity contribution in [2.45, 2.75) is 38.5 Å². The van der Waals surface area contributed by atoms with E-state index in [1.165, 1.54) is 18.2 Å². The van der Waals surface area contributed by atoms with Crippen molar-refractivity contribution in [1.82, 2.24) is 0 Å². The summed E-state index contributed by atoms with van der Waals surface area (Å²) in [6, 6.07) is 5.56. The highest BCUT2D eigenvalue weighted by molar-refractivity contribution is 5.93. The Hall–Kier alpha value is -1.98. The number of carbonyl (C=O) groups excluding carboxylic acids is 1. The average Bonchev–Trinajstić information content (AvgIpc) is 2.46. The van der Waals surface area contributed by atoms with Crippen LogP contribution in [-0.4, -0.2) is 17.0 Å². The van der Waals surface area contributed by atoms with E-state index in [1.54, 1.807) is 6.07 Å². The minimum absolute atomic E-state index is 0.169. The van der Waals surface area contributed by atoms with Gasteiger partial charge in [0.25, 0.3) is 5.92 Å². The van der Waals surface area contributed by atoms with Crippen LogP contribution in [0.1, 0.15) is 38.2 Å². The molecule has 2 N–H and O–H groups in total. The van der Waals surface area contributed by atoms with Crippen molar-refractivity contribution in [3.8, 4) is 0 Å². The third kappa shape index (κ3) is 4.02. The van der Waals surface area contributed by atoms with Gasteiger partial charge in [-0.1, -0.05) is 18.6 Å². The van der Waals surface area contributed by atoms with E-state index in [2.05, 4.69) is 5.32 Å². The Labute approximate surface area is 127 Å². The fourth-order valence-corrected chi connectivity index (χ4v) is 2.77. The largest absolute Gasteiger partial charge is 0.481 e. The Balaban J connectivity index is 2.04. The summed E-state index contributed by atoms with van der Waals surface area (Å²) >= 11 is 0. The van der Waals surface area contributed by atoms with Gasteiger partial charge in [-0.05, 0) is 31.4 Å². The molecule has 0 bridgehead atoms. The number of anilines is 1. The first-order valence-corrected chi connectivity index (χ1v) is 7.29. The number of halogens is 2. The van der Waals surface area contributed by atoms with Gasteiger partial charge >= 0.3 is 5.97 Å². The van der Waals surface area contributed by atoms with Gasteiger partial charge in [-0.2, -0.15) is 0 Å². The first kappa shape index (κ1) is 16.4. The lowest BCUT2D eigenvalue weighted by Crippen LogP contribution is -2.31. The van der Waals surface area contributed by atoms with Crippen molar-refractivity contribution in [1.29, 1.82) is 0 Å². The molecule has 2 unspecified atom stereocenters. The maximum absolute atomic E-state index is 13.3. The molecule has 2 rings (SSSR count). The van der Waals surface area contributed by atoms with Crippen molar-refractivity contribution in [3.63, 3.8) is 0 Å². The number of amides is 1. The van der Waals surface area contributed by atoms with Crippen molar-refractivity contribution < 1.29 is 23.5 Å². The molecule has 1 aliphatic rings. The van der Waals surface area contributed by atoms with Gasteiger partial charge in [-0.25, -0.2) is 8.78 Å². The predicted molar refractivity (Wildman–Crippen MR) is 77.7 cm³/mol. The van der Waals surface area contributed by atoms with E-state index in [0.29, 0.717) is 31.4 Å². The summed E-state index contributed by atoms with van der Waals surface area (Å²) in [7, 11) is 0. The topological polar surface area (TPSA) is 66.4 Å². The lowest BCUT2D eigenvalue weighted by molar-refractivity contribution is -0.143. The van der Waals surface area contributed by atoms with Crippen molar-refractivity contribution in [2.24, 2.45) is 11.8 Å². The van der Waals surface area contributed by atoms with Crippen LogP contribution in [0.3, 0.4) is 0 Å². The molecule has 0 spiro atoms. The fraction of sp³-hybridized carbons (Fsp3) is 0.500. The highest BCUT2D eigenvalue weighted by Crippen LogP contribution is 2.31. The van der Waals surface area contributed by atoms with Crippen LogP contribution in [0.25, 0.3) is 0 Å². The first-order chi connectivity index (χ1) is 10.3. The van der Waals surface area contributed by atoms with Gasteiger partial charge in [-0.15, -0.1) is 0 Å². The molecular weight excluding hydrogens is 292 g/mol. The summed E-state index contributed by atoms with van der Waals surface area (Å²) in [5.74, 6) is -5.05. The van der Waals surface area contributed by atoms with Crippen LogP contribution in [0.5, 0.6) is 0 Å². The Morgan fingerprint density at radius 1 is 1.27 bits per heavy atom. The van der Waals surface area contributed by atoms with Gasteiger partial charge in [0.1, 0.15) is 0 Å². The molecule has 22 heavy (non-hydrogen) atoms. The number of hydrogen-bond donors (Lipinski definition) is 2. The first-order valence-electron chi connectivity index (χ1n) is 7.29. The molecule has 1 amide bonds. The van der Waals surface area contributed by atoms with Gasteiger partial charge in [0.15, 0.2) is 0 Å². The number of carboxylic acid groups (broad SMARTS) is 1. The zero-order valence-corrected chi connectivity index (χ0v) is 12.3. The molecule has 2 atom stereocenters. The van der Waals surface area contributed by atoms with E-state index in [1.807, 2.05) is 0 Å². The Kier molecular flexibility index (Phi) is 4.78. The summed E-state index contributed by atoms with van der Waals surface area (Å²) in [5, 5.41) is 11.7. The van der Waals surface area contributed by atoms with E-state index in [4.69, 9.17) is 5.11 Å². The molecule has 0 radical (unpaired) electrons. The van der Waals surface area contributed by atoms with Crippen LogP contribution >= 0.6 is 0 Å². The smallest absolute Gasteiger partial charge is 0.306 e. The minimum Gasteiger partial charge on any atom is -0.481 e. The SMILES string of the molecule is CC(F)(F)c1cccc(NC(=O)C2CCCC(C(=O)O)C2)c1. The van der Waals surface area contributed by atoms with Crippen molar-refractivity contribution in [2.75, 3.05) is 5.32 Å². The molecule has 1 saturated carbocycles. The molecule has 0 aromatic heterocycles. The van der Waals surface area contributed by atoms with Crippen LogP contribution < -0.4 is 5.32 Å². The molecule has 0 saturated heterocycles. The Morgan fingerprint density at radius 3 is 2.59 bits per heavy atom. The van der Waals surface area contributed by atoms with Gasteiger partial charge < -0.3 is 10.4 Å². The molecule has 0 aliphatic heterocycles. The number of aliphatic carboxylic acids is 1. The predicted octanol–water partition coefficient (Wildman–Crippen LogP) is 3.63. The van der Waals surface area contributed by atoms with Crippen LogP contribution in [0.2, 0.25) is 0 Å². The maximum Gasteiger partial charge on any atom is 0.306 e. The summed E-state index contributed by atoms with van der Waals surface area (Å²) in [5.41, 5.74) is 0.138. The summed E-state index contributed by atoms with van der Waals surface area (Å²) < 4.78 is 26.6. The standard InChI is InChI=1S/C16H19F2NO3/c1-16(17,18)12-6-3-7-13(9-12)19-14(20)10-4-2-5-11(8-10)15(21)22/h3,6-7,9-11H,2,4-5,8H2,1H3,(H,19,20)(H,21,22). The highest BCUT2D eigenvalue weighted by atomic mass is 19.3. The lowest BCUT2D eigenvalue weighted by atomic mass is 9.81. The quantitative estimate of drug-likeness (QED) is 0.892. The molecule has 6 heteroatoms. The second-order valence-corrected chi connectivity index (χ2v) is 5.86. The molecule has 0 heterocycles. The molecule has 1 aliphatic carbocycles. The number of hydrogen-bond acceptors (Lipinski definition) is 2. The van der Waals surface area contributed by atoms with Crippen LogP contribution in [0, 0.1) is 11.8 Å². The van der Waals surface area contributed by atoms with Crippen LogP contribution in [-0.2, 0) is 15.5 Å². The van der Waals surface area contributed by atoms with E-state index in [9.17, 15) is 18.4 Å². The average molecular weight is 311 g/mol. The number of carboxylic acids is 1. The number of rotatable bonds is 4. The van der Waals surface area contributed by atoms with E-state index >= 15 is 0 Å². The molecule has 4 nitrogen and oxygen atoms in total. The van der Waals surface area contributed by atoms with Gasteiger partial charge in [0.05, 0.1) is 5.92 Å². The summed E-state index contributed by atoms with van der Waals surface area (Å²) in [6.07, 6.45) is 2.18. The minimum atomic E-state index is -2.97. The maximum atomic E-state index is 13.3. The molecule has 120 valence electrons. The number of alkyl halides is 2. The third-order valence-electron chi connectivity index (χ3n) is 4.03.